The Hall–Kier alpha value is -2.28. The van der Waals surface area contributed by atoms with Crippen LogP contribution in [0.25, 0.3) is 11.3 Å². The first kappa shape index (κ1) is 16.2. The lowest BCUT2D eigenvalue weighted by Gasteiger charge is -2.44. The molecule has 1 aliphatic carbocycles. The number of anilines is 1. The Balaban J connectivity index is 1.79. The summed E-state index contributed by atoms with van der Waals surface area (Å²) in [6.07, 6.45) is 7.20. The fourth-order valence-corrected chi connectivity index (χ4v) is 3.85. The number of halogens is 1. The number of pyridine rings is 1. The minimum atomic E-state index is -0.480. The maximum atomic E-state index is 14.1. The Labute approximate surface area is 145 Å². The quantitative estimate of drug-likeness (QED) is 0.835. The maximum absolute atomic E-state index is 14.1. The number of aromatic nitrogens is 3. The van der Waals surface area contributed by atoms with Gasteiger partial charge in [0.15, 0.2) is 5.82 Å². The molecule has 0 bridgehead atoms. The van der Waals surface area contributed by atoms with Crippen molar-refractivity contribution in [3.05, 3.63) is 40.7 Å². The first-order valence-electron chi connectivity index (χ1n) is 8.71. The summed E-state index contributed by atoms with van der Waals surface area (Å²) >= 11 is 0. The van der Waals surface area contributed by atoms with E-state index in [4.69, 9.17) is 4.74 Å². The highest BCUT2D eigenvalue weighted by Crippen LogP contribution is 2.31. The molecule has 1 saturated heterocycles. The van der Waals surface area contributed by atoms with Gasteiger partial charge in [0, 0.05) is 31.4 Å². The number of hydrogen-bond donors (Lipinski definition) is 0. The molecule has 0 amide bonds. The number of ether oxygens (including phenoxy) is 1. The molecule has 0 aromatic carbocycles. The minimum absolute atomic E-state index is 0.181. The summed E-state index contributed by atoms with van der Waals surface area (Å²) in [6.45, 7) is 1.30. The standard InChI is InChI=1S/C18H21FN4O2/c1-22-17(24)10-14(12-6-7-20-11-13(12)19)21-18(22)23-8-9-25-16-5-3-2-4-15(16)23/h6-7,10-11,15-16H,2-5,8-9H2,1H3/t15?,16-/m1/s1. The molecule has 2 fully saturated rings. The molecule has 2 aromatic heterocycles. The maximum Gasteiger partial charge on any atom is 0.255 e. The number of rotatable bonds is 2. The Morgan fingerprint density at radius 1 is 1.32 bits per heavy atom. The van der Waals surface area contributed by atoms with Gasteiger partial charge >= 0.3 is 0 Å². The van der Waals surface area contributed by atoms with Crippen LogP contribution in [0.4, 0.5) is 10.3 Å². The largest absolute Gasteiger partial charge is 0.374 e. The lowest BCUT2D eigenvalue weighted by Crippen LogP contribution is -2.54. The molecule has 7 heteroatoms. The van der Waals surface area contributed by atoms with Crippen LogP contribution in [0, 0.1) is 5.82 Å². The Morgan fingerprint density at radius 3 is 3.00 bits per heavy atom. The zero-order valence-electron chi connectivity index (χ0n) is 14.2. The zero-order valence-corrected chi connectivity index (χ0v) is 14.2. The molecular weight excluding hydrogens is 323 g/mol. The molecule has 2 aliphatic rings. The van der Waals surface area contributed by atoms with Gasteiger partial charge in [-0.05, 0) is 18.9 Å². The molecule has 6 nitrogen and oxygen atoms in total. The average molecular weight is 344 g/mol. The Bertz CT molecular complexity index is 836. The normalized spacial score (nSPS) is 23.4. The van der Waals surface area contributed by atoms with Crippen LogP contribution in [0.2, 0.25) is 0 Å². The second kappa shape index (κ2) is 6.55. The first-order chi connectivity index (χ1) is 12.1. The predicted molar refractivity (Wildman–Crippen MR) is 92.0 cm³/mol. The van der Waals surface area contributed by atoms with Crippen LogP contribution in [0.3, 0.4) is 0 Å². The number of hydrogen-bond acceptors (Lipinski definition) is 5. The van der Waals surface area contributed by atoms with Crippen molar-refractivity contribution in [3.8, 4) is 11.3 Å². The summed E-state index contributed by atoms with van der Waals surface area (Å²) in [5.74, 6) is 0.102. The molecule has 4 rings (SSSR count). The van der Waals surface area contributed by atoms with E-state index in [-0.39, 0.29) is 17.7 Å². The van der Waals surface area contributed by atoms with Crippen molar-refractivity contribution < 1.29 is 9.13 Å². The van der Waals surface area contributed by atoms with Crippen LogP contribution in [-0.2, 0) is 11.8 Å². The van der Waals surface area contributed by atoms with Gasteiger partial charge in [0.2, 0.25) is 5.95 Å². The molecule has 25 heavy (non-hydrogen) atoms. The van der Waals surface area contributed by atoms with Gasteiger partial charge in [0.05, 0.1) is 30.6 Å². The fourth-order valence-electron chi connectivity index (χ4n) is 3.85. The fraction of sp³-hybridized carbons (Fsp3) is 0.500. The topological polar surface area (TPSA) is 60.2 Å². The molecule has 1 saturated carbocycles. The van der Waals surface area contributed by atoms with Crippen LogP contribution in [-0.4, -0.2) is 39.8 Å². The summed E-state index contributed by atoms with van der Waals surface area (Å²) in [6, 6.07) is 3.14. The van der Waals surface area contributed by atoms with Gasteiger partial charge in [-0.25, -0.2) is 9.37 Å². The molecule has 2 atom stereocenters. The SMILES string of the molecule is Cn1c(N2CCO[C@@H]3CCCCC32)nc(-c2ccncc2F)cc1=O. The molecule has 1 aliphatic heterocycles. The van der Waals surface area contributed by atoms with Crippen molar-refractivity contribution in [2.45, 2.75) is 37.8 Å². The van der Waals surface area contributed by atoms with E-state index in [9.17, 15) is 9.18 Å². The minimum Gasteiger partial charge on any atom is -0.374 e. The Morgan fingerprint density at radius 2 is 2.16 bits per heavy atom. The third-order valence-corrected chi connectivity index (χ3v) is 5.15. The van der Waals surface area contributed by atoms with Gasteiger partial charge in [-0.2, -0.15) is 0 Å². The first-order valence-corrected chi connectivity index (χ1v) is 8.71. The molecule has 0 N–H and O–H groups in total. The van der Waals surface area contributed by atoms with Gasteiger partial charge in [0.25, 0.3) is 5.56 Å². The monoisotopic (exact) mass is 344 g/mol. The van der Waals surface area contributed by atoms with E-state index < -0.39 is 5.82 Å². The van der Waals surface area contributed by atoms with Gasteiger partial charge in [-0.15, -0.1) is 0 Å². The molecule has 3 heterocycles. The predicted octanol–water partition coefficient (Wildman–Crippen LogP) is 2.13. The van der Waals surface area contributed by atoms with Crippen LogP contribution in [0.1, 0.15) is 25.7 Å². The highest BCUT2D eigenvalue weighted by molar-refractivity contribution is 5.60. The number of fused-ring (bicyclic) bond motifs is 1. The van der Waals surface area contributed by atoms with E-state index >= 15 is 0 Å². The molecule has 0 spiro atoms. The summed E-state index contributed by atoms with van der Waals surface area (Å²) < 4.78 is 21.6. The van der Waals surface area contributed by atoms with Gasteiger partial charge < -0.3 is 9.64 Å². The third kappa shape index (κ3) is 2.93. The van der Waals surface area contributed by atoms with Gasteiger partial charge in [-0.1, -0.05) is 12.8 Å². The molecular formula is C18H21FN4O2. The van der Waals surface area contributed by atoms with Crippen molar-refractivity contribution >= 4 is 5.95 Å². The van der Waals surface area contributed by atoms with Crippen molar-refractivity contribution in [1.29, 1.82) is 0 Å². The smallest absolute Gasteiger partial charge is 0.255 e. The Kier molecular flexibility index (Phi) is 4.25. The van der Waals surface area contributed by atoms with E-state index in [2.05, 4.69) is 14.9 Å². The molecule has 2 aromatic rings. The second-order valence-electron chi connectivity index (χ2n) is 6.65. The summed E-state index contributed by atoms with van der Waals surface area (Å²) in [5, 5.41) is 0. The molecule has 0 radical (unpaired) electrons. The van der Waals surface area contributed by atoms with Crippen LogP contribution >= 0.6 is 0 Å². The van der Waals surface area contributed by atoms with Crippen molar-refractivity contribution in [2.24, 2.45) is 7.05 Å². The number of nitrogens with zero attached hydrogens (tertiary/aromatic N) is 4. The summed E-state index contributed by atoms with van der Waals surface area (Å²) in [4.78, 5) is 23.0. The van der Waals surface area contributed by atoms with E-state index in [1.165, 1.54) is 18.7 Å². The van der Waals surface area contributed by atoms with E-state index in [1.54, 1.807) is 17.7 Å². The van der Waals surface area contributed by atoms with E-state index in [0.29, 0.717) is 30.4 Å². The van der Waals surface area contributed by atoms with Crippen molar-refractivity contribution in [2.75, 3.05) is 18.1 Å². The van der Waals surface area contributed by atoms with Crippen LogP contribution < -0.4 is 10.5 Å². The van der Waals surface area contributed by atoms with Crippen molar-refractivity contribution in [1.82, 2.24) is 14.5 Å². The van der Waals surface area contributed by atoms with Crippen LogP contribution in [0.15, 0.2) is 29.3 Å². The highest BCUT2D eigenvalue weighted by Gasteiger charge is 2.36. The van der Waals surface area contributed by atoms with Gasteiger partial charge in [0.1, 0.15) is 0 Å². The summed E-state index contributed by atoms with van der Waals surface area (Å²) in [5.41, 5.74) is 0.439. The van der Waals surface area contributed by atoms with E-state index in [1.807, 2.05) is 0 Å². The molecule has 132 valence electrons. The van der Waals surface area contributed by atoms with Crippen LogP contribution in [0.5, 0.6) is 0 Å². The highest BCUT2D eigenvalue weighted by atomic mass is 19.1. The third-order valence-electron chi connectivity index (χ3n) is 5.15. The zero-order chi connectivity index (χ0) is 17.4. The lowest BCUT2D eigenvalue weighted by molar-refractivity contribution is -0.00959. The van der Waals surface area contributed by atoms with Gasteiger partial charge in [-0.3, -0.25) is 14.3 Å². The van der Waals surface area contributed by atoms with E-state index in [0.717, 1.165) is 25.5 Å². The summed E-state index contributed by atoms with van der Waals surface area (Å²) in [7, 11) is 1.71. The lowest BCUT2D eigenvalue weighted by atomic mass is 9.90. The van der Waals surface area contributed by atoms with Crippen molar-refractivity contribution in [3.63, 3.8) is 0 Å². The number of morpholine rings is 1. The second-order valence-corrected chi connectivity index (χ2v) is 6.65. The average Bonchev–Trinajstić information content (AvgIpc) is 2.64. The molecule has 1 unspecified atom stereocenters.